The van der Waals surface area contributed by atoms with Crippen LogP contribution in [0.3, 0.4) is 0 Å². The van der Waals surface area contributed by atoms with Crippen molar-refractivity contribution in [2.45, 2.75) is 66.6 Å². The van der Waals surface area contributed by atoms with Crippen molar-refractivity contribution >= 4 is 41.0 Å². The lowest BCUT2D eigenvalue weighted by atomic mass is 10.00. The summed E-state index contributed by atoms with van der Waals surface area (Å²) in [6.45, 7) is 17.2. The number of rotatable bonds is 9. The lowest BCUT2D eigenvalue weighted by Gasteiger charge is -2.34. The minimum Gasteiger partial charge on any atom is -0.387 e. The Balaban J connectivity index is 0.000000324. The van der Waals surface area contributed by atoms with Crippen molar-refractivity contribution in [3.63, 3.8) is 0 Å². The van der Waals surface area contributed by atoms with Gasteiger partial charge in [0.15, 0.2) is 0 Å². The summed E-state index contributed by atoms with van der Waals surface area (Å²) in [6.07, 6.45) is 6.30. The average Bonchev–Trinajstić information content (AvgIpc) is 3.07. The first-order valence-electron chi connectivity index (χ1n) is 16.8. The number of carbonyl (C=O) groups is 3. The zero-order valence-electron chi connectivity index (χ0n) is 30.3. The van der Waals surface area contributed by atoms with Crippen LogP contribution in [0.1, 0.15) is 55.9 Å². The summed E-state index contributed by atoms with van der Waals surface area (Å²) in [5, 5.41) is 0.681. The van der Waals surface area contributed by atoms with E-state index in [2.05, 4.69) is 42.5 Å². The van der Waals surface area contributed by atoms with Crippen LogP contribution < -0.4 is 5.73 Å². The van der Waals surface area contributed by atoms with Crippen LogP contribution in [0.5, 0.6) is 0 Å². The molecule has 266 valence electrons. The number of aryl methyl sites for hydroxylation is 2. The van der Waals surface area contributed by atoms with E-state index in [0.717, 1.165) is 24.2 Å². The van der Waals surface area contributed by atoms with Crippen molar-refractivity contribution in [2.75, 3.05) is 46.8 Å². The second-order valence-corrected chi connectivity index (χ2v) is 12.5. The Kier molecular flexibility index (Phi) is 17.5. The van der Waals surface area contributed by atoms with Crippen molar-refractivity contribution in [2.24, 2.45) is 15.7 Å². The van der Waals surface area contributed by atoms with Gasteiger partial charge in [-0.1, -0.05) is 68.4 Å². The van der Waals surface area contributed by atoms with Gasteiger partial charge in [0.25, 0.3) is 0 Å². The highest BCUT2D eigenvalue weighted by molar-refractivity contribution is 6.30. The molecular formula is C38H54ClN7O3. The van der Waals surface area contributed by atoms with E-state index in [-0.39, 0.29) is 30.3 Å². The fraction of sp³-hybridized carbons (Fsp3) is 0.447. The maximum atomic E-state index is 12.4. The summed E-state index contributed by atoms with van der Waals surface area (Å²) < 4.78 is 0. The highest BCUT2D eigenvalue weighted by atomic mass is 35.5. The number of amides is 3. The van der Waals surface area contributed by atoms with Gasteiger partial charge in [-0.15, -0.1) is 0 Å². The second kappa shape index (κ2) is 20.9. The van der Waals surface area contributed by atoms with Crippen molar-refractivity contribution in [1.82, 2.24) is 19.6 Å². The number of likely N-dealkylation sites (N-methyl/N-ethyl adjacent to an activating group) is 1. The number of hydrogen-bond donors (Lipinski definition) is 1. The molecule has 1 fully saturated rings. The second-order valence-electron chi connectivity index (χ2n) is 12.1. The molecule has 1 saturated heterocycles. The van der Waals surface area contributed by atoms with Crippen LogP contribution in [0.4, 0.5) is 0 Å². The molecule has 4 rings (SSSR count). The minimum atomic E-state index is -0.105. The van der Waals surface area contributed by atoms with E-state index in [9.17, 15) is 14.4 Å². The summed E-state index contributed by atoms with van der Waals surface area (Å²) in [5.41, 5.74) is 10.2. The molecule has 0 spiro atoms. The molecule has 49 heavy (non-hydrogen) atoms. The molecule has 0 aliphatic carbocycles. The van der Waals surface area contributed by atoms with Crippen LogP contribution in [0.15, 0.2) is 77.3 Å². The van der Waals surface area contributed by atoms with Gasteiger partial charge >= 0.3 is 0 Å². The van der Waals surface area contributed by atoms with E-state index in [0.29, 0.717) is 50.1 Å². The number of hydrogen-bond acceptors (Lipinski definition) is 6. The van der Waals surface area contributed by atoms with Crippen molar-refractivity contribution in [1.29, 1.82) is 0 Å². The van der Waals surface area contributed by atoms with E-state index in [4.69, 9.17) is 17.3 Å². The van der Waals surface area contributed by atoms with Gasteiger partial charge in [0.05, 0.1) is 18.4 Å². The first-order valence-corrected chi connectivity index (χ1v) is 17.2. The molecule has 0 bridgehead atoms. The Morgan fingerprint density at radius 3 is 2.29 bits per heavy atom. The third-order valence-corrected chi connectivity index (χ3v) is 8.26. The van der Waals surface area contributed by atoms with Gasteiger partial charge in [-0.05, 0) is 81.7 Å². The van der Waals surface area contributed by atoms with Crippen molar-refractivity contribution in [3.05, 3.63) is 94.5 Å². The van der Waals surface area contributed by atoms with E-state index < -0.39 is 0 Å². The lowest BCUT2D eigenvalue weighted by Crippen LogP contribution is -2.51. The third kappa shape index (κ3) is 13.6. The number of nitrogens with two attached hydrogens (primary N) is 1. The summed E-state index contributed by atoms with van der Waals surface area (Å²) in [6, 6.07) is 13.7. The monoisotopic (exact) mass is 691 g/mol. The molecule has 2 heterocycles. The quantitative estimate of drug-likeness (QED) is 0.215. The summed E-state index contributed by atoms with van der Waals surface area (Å²) >= 11 is 5.86. The van der Waals surface area contributed by atoms with Crippen LogP contribution in [-0.4, -0.2) is 102 Å². The number of amidine groups is 2. The summed E-state index contributed by atoms with van der Waals surface area (Å²) in [7, 11) is 3.88. The number of nitrogens with zero attached hydrogens (tertiary/aromatic N) is 6. The molecule has 2 N–H and O–H groups in total. The summed E-state index contributed by atoms with van der Waals surface area (Å²) in [5.74, 6) is 1.10. The fourth-order valence-corrected chi connectivity index (χ4v) is 5.47. The third-order valence-electron chi connectivity index (χ3n) is 8.01. The van der Waals surface area contributed by atoms with Gasteiger partial charge in [-0.2, -0.15) is 0 Å². The zero-order chi connectivity index (χ0) is 36.5. The molecule has 1 unspecified atom stereocenters. The lowest BCUT2D eigenvalue weighted by molar-refractivity contribution is -0.143. The van der Waals surface area contributed by atoms with Gasteiger partial charge in [-0.3, -0.25) is 19.4 Å². The molecule has 0 saturated carbocycles. The highest BCUT2D eigenvalue weighted by Crippen LogP contribution is 2.22. The largest absolute Gasteiger partial charge is 0.387 e. The highest BCUT2D eigenvalue weighted by Gasteiger charge is 2.27. The topological polar surface area (TPSA) is 115 Å². The molecule has 3 amide bonds. The standard InChI is InChI=1S/C19H26N4O.C17H22ClN3O2.C2H6/c1-5-19(24)23(12-17-13(2)7-6-8-14(17)3)16-9-10-18(21-11-16)22-15(4)20;1-19(2)9-3-4-16(22)21-11-10-20(17(23)13-21)12-14-5-7-15(18)8-6-14;1-2/h5-8,16H,1,9-12H2,2-4H3,(H2,20,21,22);3-8H,9-13H2,1-2H3;1-2H3/b;4-3+;. The fourth-order valence-electron chi connectivity index (χ4n) is 5.34. The first-order chi connectivity index (χ1) is 23.4. The Morgan fingerprint density at radius 1 is 1.10 bits per heavy atom. The smallest absolute Gasteiger partial charge is 0.246 e. The molecule has 2 aromatic carbocycles. The van der Waals surface area contributed by atoms with Crippen LogP contribution >= 0.6 is 11.6 Å². The molecule has 11 heteroatoms. The number of carbonyl (C=O) groups excluding carboxylic acids is 3. The van der Waals surface area contributed by atoms with Crippen molar-refractivity contribution in [3.8, 4) is 0 Å². The van der Waals surface area contributed by atoms with Gasteiger partial charge in [0.1, 0.15) is 12.4 Å². The molecular weight excluding hydrogens is 638 g/mol. The molecule has 1 atom stereocenters. The van der Waals surface area contributed by atoms with Crippen LogP contribution in [-0.2, 0) is 27.5 Å². The van der Waals surface area contributed by atoms with Crippen LogP contribution in [0.2, 0.25) is 5.02 Å². The first kappa shape index (κ1) is 40.9. The molecule has 2 aromatic rings. The molecule has 2 aliphatic heterocycles. The normalized spacial score (nSPS) is 16.3. The number of halogens is 1. The average molecular weight is 692 g/mol. The Labute approximate surface area is 298 Å². The SMILES string of the molecule is C=CC(=O)N(Cc1c(C)cccc1C)C1CCC(N=C(C)N)=NC1.CC.CN(C)C/C=C/C(=O)N1CCN(Cc2ccc(Cl)cc2)C(=O)C1. The Morgan fingerprint density at radius 2 is 1.76 bits per heavy atom. The van der Waals surface area contributed by atoms with Crippen molar-refractivity contribution < 1.29 is 14.4 Å². The van der Waals surface area contributed by atoms with E-state index >= 15 is 0 Å². The number of benzene rings is 2. The van der Waals surface area contributed by atoms with E-state index in [1.165, 1.54) is 22.8 Å². The van der Waals surface area contributed by atoms with E-state index in [1.54, 1.807) is 22.8 Å². The Hall–Kier alpha value is -4.28. The van der Waals surface area contributed by atoms with Gasteiger partial charge in [0.2, 0.25) is 17.7 Å². The van der Waals surface area contributed by atoms with Crippen LogP contribution in [0, 0.1) is 13.8 Å². The molecule has 0 aromatic heterocycles. The van der Waals surface area contributed by atoms with Crippen LogP contribution in [0.25, 0.3) is 0 Å². The van der Waals surface area contributed by atoms with Gasteiger partial charge in [0, 0.05) is 50.2 Å². The minimum absolute atomic E-state index is 0.0273. The zero-order valence-corrected chi connectivity index (χ0v) is 31.0. The number of piperazine rings is 1. The molecule has 2 aliphatic rings. The van der Waals surface area contributed by atoms with Gasteiger partial charge < -0.3 is 25.3 Å². The molecule has 10 nitrogen and oxygen atoms in total. The number of aliphatic imine (C=N–C) groups is 2. The predicted octanol–water partition coefficient (Wildman–Crippen LogP) is 5.41. The molecule has 0 radical (unpaired) electrons. The van der Waals surface area contributed by atoms with Gasteiger partial charge in [-0.25, -0.2) is 4.99 Å². The Bertz CT molecular complexity index is 1480. The predicted molar refractivity (Wildman–Crippen MR) is 202 cm³/mol. The van der Waals surface area contributed by atoms with E-state index in [1.807, 2.05) is 74.2 Å². The maximum Gasteiger partial charge on any atom is 0.246 e. The summed E-state index contributed by atoms with van der Waals surface area (Å²) in [4.78, 5) is 52.6. The maximum absolute atomic E-state index is 12.4.